The van der Waals surface area contributed by atoms with E-state index in [4.69, 9.17) is 0 Å². The van der Waals surface area contributed by atoms with E-state index in [2.05, 4.69) is 20.8 Å². The van der Waals surface area contributed by atoms with Crippen molar-refractivity contribution in [3.63, 3.8) is 0 Å². The van der Waals surface area contributed by atoms with E-state index in [0.29, 0.717) is 24.1 Å². The van der Waals surface area contributed by atoms with Gasteiger partial charge in [0.2, 0.25) is 0 Å². The van der Waals surface area contributed by atoms with Gasteiger partial charge in [-0.25, -0.2) is 9.18 Å². The first kappa shape index (κ1) is 17.3. The summed E-state index contributed by atoms with van der Waals surface area (Å²) >= 11 is 0. The molecule has 0 unspecified atom stereocenters. The van der Waals surface area contributed by atoms with E-state index in [-0.39, 0.29) is 18.2 Å². The molecule has 1 aromatic carbocycles. The van der Waals surface area contributed by atoms with E-state index in [0.717, 1.165) is 19.3 Å². The molecule has 2 aromatic rings. The van der Waals surface area contributed by atoms with Gasteiger partial charge in [0.25, 0.3) is 0 Å². The minimum atomic E-state index is -0.823. The Kier molecular flexibility index (Phi) is 5.23. The fourth-order valence-corrected chi connectivity index (χ4v) is 3.00. The van der Waals surface area contributed by atoms with Gasteiger partial charge in [0.05, 0.1) is 11.3 Å². The van der Waals surface area contributed by atoms with Gasteiger partial charge in [-0.05, 0) is 37.1 Å². The lowest BCUT2D eigenvalue weighted by molar-refractivity contribution is 0.00755. The number of hydrogen-bond acceptors (Lipinski definition) is 4. The summed E-state index contributed by atoms with van der Waals surface area (Å²) in [5, 5.41) is 23.4. The van der Waals surface area contributed by atoms with Crippen LogP contribution in [0, 0.1) is 5.82 Å². The van der Waals surface area contributed by atoms with E-state index >= 15 is 0 Å². The van der Waals surface area contributed by atoms with Crippen LogP contribution in [0.25, 0.3) is 11.3 Å². The van der Waals surface area contributed by atoms with Crippen LogP contribution in [0.2, 0.25) is 0 Å². The van der Waals surface area contributed by atoms with Gasteiger partial charge >= 0.3 is 6.03 Å². The monoisotopic (exact) mass is 344 g/mol. The van der Waals surface area contributed by atoms with Crippen LogP contribution in [0.5, 0.6) is 0 Å². The highest BCUT2D eigenvalue weighted by Gasteiger charge is 2.29. The summed E-state index contributed by atoms with van der Waals surface area (Å²) in [6.45, 7) is 0.208. The number of nitrogens with zero attached hydrogens (tertiary/aromatic N) is 2. The van der Waals surface area contributed by atoms with Gasteiger partial charge in [0.1, 0.15) is 5.82 Å². The maximum absolute atomic E-state index is 13.7. The van der Waals surface area contributed by atoms with Crippen LogP contribution in [0.15, 0.2) is 36.4 Å². The fraction of sp³-hybridized carbons (Fsp3) is 0.389. The Balaban J connectivity index is 1.56. The smallest absolute Gasteiger partial charge is 0.320 e. The maximum atomic E-state index is 13.7. The predicted molar refractivity (Wildman–Crippen MR) is 92.5 cm³/mol. The zero-order chi connectivity index (χ0) is 17.7. The van der Waals surface area contributed by atoms with E-state index < -0.39 is 11.6 Å². The SMILES string of the molecule is O=C(NCC1(O)CCCCC1)Nc1ccc(-c2ccccc2F)nn1. The lowest BCUT2D eigenvalue weighted by atomic mass is 9.85. The van der Waals surface area contributed by atoms with Crippen molar-refractivity contribution in [2.24, 2.45) is 0 Å². The van der Waals surface area contributed by atoms with E-state index in [1.54, 1.807) is 30.3 Å². The number of aliphatic hydroxyl groups is 1. The number of benzene rings is 1. The van der Waals surface area contributed by atoms with Gasteiger partial charge in [-0.2, -0.15) is 0 Å². The molecule has 0 atom stereocenters. The lowest BCUT2D eigenvalue weighted by Gasteiger charge is -2.32. The zero-order valence-electron chi connectivity index (χ0n) is 13.8. The minimum absolute atomic E-state index is 0.208. The van der Waals surface area contributed by atoms with Gasteiger partial charge < -0.3 is 10.4 Å². The third kappa shape index (κ3) is 4.51. The molecule has 132 valence electrons. The Bertz CT molecular complexity index is 730. The van der Waals surface area contributed by atoms with Crippen molar-refractivity contribution in [1.82, 2.24) is 15.5 Å². The van der Waals surface area contributed by atoms with E-state index in [1.807, 2.05) is 0 Å². The molecular weight excluding hydrogens is 323 g/mol. The van der Waals surface area contributed by atoms with Crippen molar-refractivity contribution >= 4 is 11.8 Å². The number of rotatable bonds is 4. The Labute approximate surface area is 145 Å². The van der Waals surface area contributed by atoms with Gasteiger partial charge in [0.15, 0.2) is 5.82 Å². The first-order valence-electron chi connectivity index (χ1n) is 8.42. The van der Waals surface area contributed by atoms with Gasteiger partial charge in [-0.3, -0.25) is 5.32 Å². The molecule has 1 fully saturated rings. The highest BCUT2D eigenvalue weighted by Crippen LogP contribution is 2.27. The highest BCUT2D eigenvalue weighted by molar-refractivity contribution is 5.88. The number of aromatic nitrogens is 2. The summed E-state index contributed by atoms with van der Waals surface area (Å²) in [4.78, 5) is 11.9. The van der Waals surface area contributed by atoms with Crippen molar-refractivity contribution in [3.05, 3.63) is 42.2 Å². The first-order valence-corrected chi connectivity index (χ1v) is 8.42. The molecule has 6 nitrogen and oxygen atoms in total. The van der Waals surface area contributed by atoms with Gasteiger partial charge in [-0.15, -0.1) is 10.2 Å². The van der Waals surface area contributed by atoms with Crippen molar-refractivity contribution in [2.75, 3.05) is 11.9 Å². The molecule has 1 saturated carbocycles. The van der Waals surface area contributed by atoms with E-state index in [1.165, 1.54) is 6.07 Å². The number of anilines is 1. The minimum Gasteiger partial charge on any atom is -0.388 e. The van der Waals surface area contributed by atoms with Crippen molar-refractivity contribution < 1.29 is 14.3 Å². The fourth-order valence-electron chi connectivity index (χ4n) is 3.00. The molecule has 2 amide bonds. The molecule has 0 aliphatic heterocycles. The zero-order valence-corrected chi connectivity index (χ0v) is 13.8. The largest absolute Gasteiger partial charge is 0.388 e. The van der Waals surface area contributed by atoms with Crippen molar-refractivity contribution in [2.45, 2.75) is 37.7 Å². The Morgan fingerprint density at radius 1 is 1.12 bits per heavy atom. The normalized spacial score (nSPS) is 16.2. The van der Waals surface area contributed by atoms with Crippen LogP contribution in [-0.2, 0) is 0 Å². The molecule has 3 rings (SSSR count). The van der Waals surface area contributed by atoms with Crippen LogP contribution < -0.4 is 10.6 Å². The number of hydrogen-bond donors (Lipinski definition) is 3. The second kappa shape index (κ2) is 7.57. The Hall–Kier alpha value is -2.54. The third-order valence-corrected chi connectivity index (χ3v) is 4.42. The molecule has 1 heterocycles. The second-order valence-corrected chi connectivity index (χ2v) is 6.38. The average Bonchev–Trinajstić information content (AvgIpc) is 2.62. The molecule has 0 radical (unpaired) electrons. The van der Waals surface area contributed by atoms with Gasteiger partial charge in [0, 0.05) is 12.1 Å². The topological polar surface area (TPSA) is 87.1 Å². The number of urea groups is 1. The van der Waals surface area contributed by atoms with E-state index in [9.17, 15) is 14.3 Å². The molecule has 1 aliphatic rings. The van der Waals surface area contributed by atoms with Crippen LogP contribution in [0.4, 0.5) is 15.0 Å². The number of nitrogens with one attached hydrogen (secondary N) is 2. The molecular formula is C18H21FN4O2. The van der Waals surface area contributed by atoms with Crippen molar-refractivity contribution in [1.29, 1.82) is 0 Å². The molecule has 0 bridgehead atoms. The van der Waals surface area contributed by atoms with Gasteiger partial charge in [-0.1, -0.05) is 31.4 Å². The Morgan fingerprint density at radius 2 is 1.88 bits per heavy atom. The van der Waals surface area contributed by atoms with Crippen LogP contribution >= 0.6 is 0 Å². The standard InChI is InChI=1S/C18H21FN4O2/c19-14-7-3-2-6-13(14)15-8-9-16(23-22-15)21-17(24)20-12-18(25)10-4-1-5-11-18/h2-3,6-9,25H,1,4-5,10-12H2,(H2,20,21,23,24). The molecule has 0 saturated heterocycles. The third-order valence-electron chi connectivity index (χ3n) is 4.42. The molecule has 7 heteroatoms. The second-order valence-electron chi connectivity index (χ2n) is 6.38. The molecule has 0 spiro atoms. The first-order chi connectivity index (χ1) is 12.1. The van der Waals surface area contributed by atoms with Crippen LogP contribution in [-0.4, -0.2) is 33.5 Å². The lowest BCUT2D eigenvalue weighted by Crippen LogP contribution is -2.45. The number of amides is 2. The highest BCUT2D eigenvalue weighted by atomic mass is 19.1. The summed E-state index contributed by atoms with van der Waals surface area (Å²) < 4.78 is 13.7. The molecule has 3 N–H and O–H groups in total. The summed E-state index contributed by atoms with van der Waals surface area (Å²) in [5.74, 6) is -0.121. The molecule has 1 aliphatic carbocycles. The van der Waals surface area contributed by atoms with Crippen LogP contribution in [0.1, 0.15) is 32.1 Å². The average molecular weight is 344 g/mol. The number of carbonyl (C=O) groups is 1. The molecule has 25 heavy (non-hydrogen) atoms. The summed E-state index contributed by atoms with van der Waals surface area (Å²) in [5.41, 5.74) is -0.0817. The summed E-state index contributed by atoms with van der Waals surface area (Å²) in [7, 11) is 0. The number of halogens is 1. The van der Waals surface area contributed by atoms with Crippen LogP contribution in [0.3, 0.4) is 0 Å². The summed E-state index contributed by atoms with van der Waals surface area (Å²) in [6.07, 6.45) is 4.47. The number of carbonyl (C=O) groups excluding carboxylic acids is 1. The Morgan fingerprint density at radius 3 is 2.56 bits per heavy atom. The maximum Gasteiger partial charge on any atom is 0.320 e. The predicted octanol–water partition coefficient (Wildman–Crippen LogP) is 3.10. The van der Waals surface area contributed by atoms with Crippen molar-refractivity contribution in [3.8, 4) is 11.3 Å². The quantitative estimate of drug-likeness (QED) is 0.795. The molecule has 1 aromatic heterocycles. The summed E-state index contributed by atoms with van der Waals surface area (Å²) in [6, 6.07) is 8.99.